The number of halogens is 2. The first kappa shape index (κ1) is 16.3. The number of carbonyl (C=O) groups is 1. The molecule has 1 rings (SSSR count). The fourth-order valence-corrected chi connectivity index (χ4v) is 2.74. The molecule has 1 saturated heterocycles. The van der Waals surface area contributed by atoms with Crippen molar-refractivity contribution in [1.29, 1.82) is 0 Å². The van der Waals surface area contributed by atoms with Gasteiger partial charge < -0.3 is 10.4 Å². The van der Waals surface area contributed by atoms with Gasteiger partial charge in [-0.25, -0.2) is 21.5 Å². The SMILES string of the molecule is CS(=O)(=O)N1CCC(C(=O)NCC(F)(F)CO)CC1. The number of nitrogens with zero attached hydrogens (tertiary/aromatic N) is 1. The number of carbonyl (C=O) groups excluding carboxylic acids is 1. The van der Waals surface area contributed by atoms with Crippen LogP contribution in [0.3, 0.4) is 0 Å². The van der Waals surface area contributed by atoms with Crippen LogP contribution < -0.4 is 5.32 Å². The summed E-state index contributed by atoms with van der Waals surface area (Å²) in [4.78, 5) is 11.6. The molecule has 9 heteroatoms. The third-order valence-electron chi connectivity index (χ3n) is 3.05. The molecule has 1 heterocycles. The summed E-state index contributed by atoms with van der Waals surface area (Å²) in [6.07, 6.45) is 1.71. The normalized spacial score (nSPS) is 19.4. The molecule has 19 heavy (non-hydrogen) atoms. The number of alkyl halides is 2. The highest BCUT2D eigenvalue weighted by Gasteiger charge is 2.32. The Labute approximate surface area is 110 Å². The van der Waals surface area contributed by atoms with Crippen molar-refractivity contribution in [3.8, 4) is 0 Å². The minimum absolute atomic E-state index is 0.216. The molecule has 0 aromatic carbocycles. The Bertz CT molecular complexity index is 419. The van der Waals surface area contributed by atoms with Gasteiger partial charge in [-0.2, -0.15) is 0 Å². The van der Waals surface area contributed by atoms with Crippen LogP contribution in [0, 0.1) is 5.92 Å². The van der Waals surface area contributed by atoms with E-state index in [1.165, 1.54) is 4.31 Å². The van der Waals surface area contributed by atoms with Crippen molar-refractivity contribution in [3.63, 3.8) is 0 Å². The predicted molar refractivity (Wildman–Crippen MR) is 64.2 cm³/mol. The molecule has 0 saturated carbocycles. The molecule has 2 N–H and O–H groups in total. The largest absolute Gasteiger partial charge is 0.390 e. The van der Waals surface area contributed by atoms with Crippen molar-refractivity contribution in [2.75, 3.05) is 32.5 Å². The summed E-state index contributed by atoms with van der Waals surface area (Å²) < 4.78 is 49.3. The molecule has 1 fully saturated rings. The second kappa shape index (κ2) is 6.10. The van der Waals surface area contributed by atoms with Crippen LogP contribution >= 0.6 is 0 Å². The van der Waals surface area contributed by atoms with E-state index >= 15 is 0 Å². The van der Waals surface area contributed by atoms with Crippen LogP contribution in [0.5, 0.6) is 0 Å². The average molecular weight is 300 g/mol. The second-order valence-corrected chi connectivity index (χ2v) is 6.65. The Morgan fingerprint density at radius 2 is 1.95 bits per heavy atom. The molecule has 0 bridgehead atoms. The molecule has 6 nitrogen and oxygen atoms in total. The van der Waals surface area contributed by atoms with Crippen molar-refractivity contribution in [2.24, 2.45) is 5.92 Å². The van der Waals surface area contributed by atoms with Crippen molar-refractivity contribution in [3.05, 3.63) is 0 Å². The number of piperidine rings is 1. The van der Waals surface area contributed by atoms with E-state index in [4.69, 9.17) is 5.11 Å². The van der Waals surface area contributed by atoms with Crippen molar-refractivity contribution < 1.29 is 27.1 Å². The molecule has 0 aromatic heterocycles. The van der Waals surface area contributed by atoms with Gasteiger partial charge >= 0.3 is 0 Å². The van der Waals surface area contributed by atoms with Gasteiger partial charge in [0.25, 0.3) is 5.92 Å². The van der Waals surface area contributed by atoms with Crippen LogP contribution in [-0.4, -0.2) is 62.2 Å². The van der Waals surface area contributed by atoms with Crippen LogP contribution in [0.15, 0.2) is 0 Å². The molecule has 0 aliphatic carbocycles. The second-order valence-electron chi connectivity index (χ2n) is 4.67. The number of hydrogen-bond donors (Lipinski definition) is 2. The molecule has 0 spiro atoms. The summed E-state index contributed by atoms with van der Waals surface area (Å²) in [7, 11) is -3.27. The van der Waals surface area contributed by atoms with Crippen molar-refractivity contribution >= 4 is 15.9 Å². The van der Waals surface area contributed by atoms with Gasteiger partial charge in [0.2, 0.25) is 15.9 Å². The van der Waals surface area contributed by atoms with E-state index in [0.717, 1.165) is 6.26 Å². The van der Waals surface area contributed by atoms with Gasteiger partial charge in [-0.15, -0.1) is 0 Å². The Balaban J connectivity index is 2.41. The zero-order valence-electron chi connectivity index (χ0n) is 10.6. The molecule has 0 atom stereocenters. The molecule has 0 aromatic rings. The fraction of sp³-hybridized carbons (Fsp3) is 0.900. The number of rotatable bonds is 5. The summed E-state index contributed by atoms with van der Waals surface area (Å²) in [5, 5.41) is 10.4. The van der Waals surface area contributed by atoms with Gasteiger partial charge in [0, 0.05) is 19.0 Å². The number of hydrogen-bond acceptors (Lipinski definition) is 4. The number of sulfonamides is 1. The maximum Gasteiger partial charge on any atom is 0.287 e. The highest BCUT2D eigenvalue weighted by molar-refractivity contribution is 7.88. The summed E-state index contributed by atoms with van der Waals surface area (Å²) in [5.74, 6) is -4.32. The van der Waals surface area contributed by atoms with Gasteiger partial charge in [-0.05, 0) is 12.8 Å². The minimum Gasteiger partial charge on any atom is -0.390 e. The van der Waals surface area contributed by atoms with Crippen molar-refractivity contribution in [1.82, 2.24) is 9.62 Å². The van der Waals surface area contributed by atoms with Gasteiger partial charge in [0.1, 0.15) is 6.61 Å². The van der Waals surface area contributed by atoms with E-state index in [-0.39, 0.29) is 13.1 Å². The lowest BCUT2D eigenvalue weighted by atomic mass is 9.97. The molecular formula is C10H18F2N2O4S. The number of aliphatic hydroxyl groups excluding tert-OH is 1. The third kappa shape index (κ3) is 5.00. The average Bonchev–Trinajstić information content (AvgIpc) is 2.35. The number of aliphatic hydroxyl groups is 1. The summed E-state index contributed by atoms with van der Waals surface area (Å²) in [6.45, 7) is -1.80. The lowest BCUT2D eigenvalue weighted by molar-refractivity contribution is -0.129. The topological polar surface area (TPSA) is 86.7 Å². The third-order valence-corrected chi connectivity index (χ3v) is 4.35. The summed E-state index contributed by atoms with van der Waals surface area (Å²) >= 11 is 0. The van der Waals surface area contributed by atoms with E-state index in [2.05, 4.69) is 5.32 Å². The minimum atomic E-state index is -3.33. The Hall–Kier alpha value is -0.800. The van der Waals surface area contributed by atoms with E-state index in [9.17, 15) is 22.0 Å². The van der Waals surface area contributed by atoms with E-state index in [1.807, 2.05) is 0 Å². The molecular weight excluding hydrogens is 282 g/mol. The zero-order chi connectivity index (χ0) is 14.7. The lowest BCUT2D eigenvalue weighted by Gasteiger charge is -2.29. The molecule has 112 valence electrons. The summed E-state index contributed by atoms with van der Waals surface area (Å²) in [5.41, 5.74) is 0. The summed E-state index contributed by atoms with van der Waals surface area (Å²) in [6, 6.07) is 0. The quantitative estimate of drug-likeness (QED) is 0.710. The Morgan fingerprint density at radius 1 is 1.42 bits per heavy atom. The lowest BCUT2D eigenvalue weighted by Crippen LogP contribution is -2.45. The highest BCUT2D eigenvalue weighted by Crippen LogP contribution is 2.19. The Kier molecular flexibility index (Phi) is 5.22. The van der Waals surface area contributed by atoms with Crippen LogP contribution in [0.25, 0.3) is 0 Å². The van der Waals surface area contributed by atoms with Crippen LogP contribution in [0.2, 0.25) is 0 Å². The van der Waals surface area contributed by atoms with Gasteiger partial charge in [0.15, 0.2) is 0 Å². The monoisotopic (exact) mass is 300 g/mol. The van der Waals surface area contributed by atoms with E-state index in [1.54, 1.807) is 0 Å². The first-order valence-corrected chi connectivity index (χ1v) is 7.72. The van der Waals surface area contributed by atoms with E-state index < -0.39 is 40.9 Å². The van der Waals surface area contributed by atoms with Gasteiger partial charge in [-0.1, -0.05) is 0 Å². The first-order chi connectivity index (χ1) is 8.65. The maximum absolute atomic E-state index is 12.7. The maximum atomic E-state index is 12.7. The van der Waals surface area contributed by atoms with Gasteiger partial charge in [0.05, 0.1) is 12.8 Å². The standard InChI is InChI=1S/C10H18F2N2O4S/c1-19(17,18)14-4-2-8(3-5-14)9(16)13-6-10(11,12)7-15/h8,15H,2-7H2,1H3,(H,13,16). The van der Waals surface area contributed by atoms with Crippen LogP contribution in [-0.2, 0) is 14.8 Å². The van der Waals surface area contributed by atoms with Gasteiger partial charge in [-0.3, -0.25) is 4.79 Å². The molecule has 0 unspecified atom stereocenters. The first-order valence-electron chi connectivity index (χ1n) is 5.87. The van der Waals surface area contributed by atoms with Crippen LogP contribution in [0.1, 0.15) is 12.8 Å². The van der Waals surface area contributed by atoms with Crippen LogP contribution in [0.4, 0.5) is 8.78 Å². The molecule has 1 aliphatic rings. The number of amides is 1. The smallest absolute Gasteiger partial charge is 0.287 e. The Morgan fingerprint density at radius 3 is 2.37 bits per heavy atom. The predicted octanol–water partition coefficient (Wildman–Crippen LogP) is -0.598. The highest BCUT2D eigenvalue weighted by atomic mass is 32.2. The molecule has 1 aliphatic heterocycles. The molecule has 0 radical (unpaired) electrons. The molecule has 1 amide bonds. The van der Waals surface area contributed by atoms with E-state index in [0.29, 0.717) is 12.8 Å². The zero-order valence-corrected chi connectivity index (χ0v) is 11.4. The number of nitrogens with one attached hydrogen (secondary N) is 1. The fourth-order valence-electron chi connectivity index (χ4n) is 1.87. The van der Waals surface area contributed by atoms with Crippen molar-refractivity contribution in [2.45, 2.75) is 18.8 Å².